The van der Waals surface area contributed by atoms with Gasteiger partial charge in [0, 0.05) is 41.8 Å². The zero-order chi connectivity index (χ0) is 29.6. The lowest BCUT2D eigenvalue weighted by atomic mass is 9.31. The van der Waals surface area contributed by atoms with Crippen molar-refractivity contribution in [1.82, 2.24) is 0 Å². The van der Waals surface area contributed by atoms with Crippen LogP contribution in [0.3, 0.4) is 0 Å². The van der Waals surface area contributed by atoms with Gasteiger partial charge in [-0.3, -0.25) is 0 Å². The minimum atomic E-state index is 0.125. The predicted octanol–water partition coefficient (Wildman–Crippen LogP) is 8.77. The molecule has 1 saturated heterocycles. The molecule has 0 aromatic heterocycles. The highest BCUT2D eigenvalue weighted by Crippen LogP contribution is 2.79. The number of likely N-dealkylation sites (N-methyl/N-ethyl adjacent to an activating group) is 1. The summed E-state index contributed by atoms with van der Waals surface area (Å²) in [6.07, 6.45) is 14.4. The van der Waals surface area contributed by atoms with E-state index in [1.807, 2.05) is 25.3 Å². The number of hydrogen-bond acceptors (Lipinski definition) is 3. The molecule has 7 unspecified atom stereocenters. The Morgan fingerprint density at radius 3 is 2.70 bits per heavy atom. The highest BCUT2D eigenvalue weighted by molar-refractivity contribution is 6.42. The van der Waals surface area contributed by atoms with Crippen LogP contribution < -0.4 is 9.47 Å². The summed E-state index contributed by atoms with van der Waals surface area (Å²) in [5.41, 5.74) is 4.81. The van der Waals surface area contributed by atoms with Crippen LogP contribution in [0.25, 0.3) is 0 Å². The van der Waals surface area contributed by atoms with Crippen LogP contribution in [0.4, 0.5) is 0 Å². The van der Waals surface area contributed by atoms with Gasteiger partial charge in [0.1, 0.15) is 6.10 Å². The smallest absolute Gasteiger partial charge is 0.165 e. The molecule has 6 heteroatoms. The monoisotopic (exact) mass is 624 g/mol. The summed E-state index contributed by atoms with van der Waals surface area (Å²) in [7, 11) is 4.45. The molecule has 2 aliphatic heterocycles. The van der Waals surface area contributed by atoms with Crippen molar-refractivity contribution in [2.75, 3.05) is 33.9 Å². The number of fused-ring (bicyclic) bond motifs is 2. The van der Waals surface area contributed by atoms with Gasteiger partial charge in [-0.2, -0.15) is 0 Å². The van der Waals surface area contributed by atoms with Gasteiger partial charge in [0.15, 0.2) is 11.5 Å². The molecule has 43 heavy (non-hydrogen) atoms. The number of likely N-dealkylation sites (tertiary alicyclic amines) is 1. The van der Waals surface area contributed by atoms with Crippen LogP contribution in [-0.2, 0) is 23.2 Å². The van der Waals surface area contributed by atoms with E-state index in [1.54, 1.807) is 11.1 Å². The van der Waals surface area contributed by atoms with Crippen LogP contribution in [0.5, 0.6) is 11.5 Å². The van der Waals surface area contributed by atoms with Gasteiger partial charge in [0.05, 0.1) is 55.4 Å². The van der Waals surface area contributed by atoms with Crippen LogP contribution in [0.1, 0.15) is 87.8 Å². The molecule has 5 fully saturated rings. The number of ether oxygens (including phenoxy) is 3. The van der Waals surface area contributed by atoms with Gasteiger partial charge in [-0.1, -0.05) is 55.1 Å². The minimum absolute atomic E-state index is 0.125. The SMILES string of the molecule is CCCCC12CCC3(CC1CCOCc1ccc(Cl)c(Cl)c1)C1Cc4ccc(OC)c5c4C3(CC[N+]1(C)CC1CC1)C2O5. The number of hydrogen-bond donors (Lipinski definition) is 0. The first kappa shape index (κ1) is 29.0. The number of piperidine rings is 1. The molecular formula is C37H48Cl2NO3+. The van der Waals surface area contributed by atoms with Gasteiger partial charge in [0.2, 0.25) is 0 Å². The summed E-state index contributed by atoms with van der Waals surface area (Å²) in [4.78, 5) is 0. The first-order valence-electron chi connectivity index (χ1n) is 17.0. The Morgan fingerprint density at radius 2 is 1.93 bits per heavy atom. The summed E-state index contributed by atoms with van der Waals surface area (Å²) in [5.74, 6) is 3.59. The largest absolute Gasteiger partial charge is 0.493 e. The molecule has 2 heterocycles. The molecule has 5 aliphatic carbocycles. The van der Waals surface area contributed by atoms with E-state index in [1.165, 1.54) is 81.8 Å². The molecule has 7 aliphatic rings. The number of halogens is 2. The summed E-state index contributed by atoms with van der Waals surface area (Å²) in [5, 5.41) is 1.19. The maximum Gasteiger partial charge on any atom is 0.165 e. The van der Waals surface area contributed by atoms with Crippen molar-refractivity contribution < 1.29 is 18.7 Å². The minimum Gasteiger partial charge on any atom is -0.493 e. The summed E-state index contributed by atoms with van der Waals surface area (Å²) in [6.45, 7) is 6.36. The van der Waals surface area contributed by atoms with E-state index in [9.17, 15) is 0 Å². The molecular weight excluding hydrogens is 577 g/mol. The molecule has 0 N–H and O–H groups in total. The maximum absolute atomic E-state index is 7.42. The summed E-state index contributed by atoms with van der Waals surface area (Å²) in [6, 6.07) is 11.1. The van der Waals surface area contributed by atoms with Crippen LogP contribution in [-0.4, -0.2) is 50.5 Å². The van der Waals surface area contributed by atoms with Gasteiger partial charge in [-0.25, -0.2) is 0 Å². The second-order valence-corrected chi connectivity index (χ2v) is 16.2. The second kappa shape index (κ2) is 10.3. The number of quaternary nitrogens is 1. The number of rotatable bonds is 11. The Labute approximate surface area is 267 Å². The highest BCUT2D eigenvalue weighted by atomic mass is 35.5. The third-order valence-corrected chi connectivity index (χ3v) is 14.2. The Hall–Kier alpha value is -1.46. The fraction of sp³-hybridized carbons (Fsp3) is 0.676. The normalized spacial score (nSPS) is 38.1. The molecule has 2 aromatic rings. The Balaban J connectivity index is 1.17. The molecule has 9 rings (SSSR count). The van der Waals surface area contributed by atoms with Gasteiger partial charge in [-0.05, 0) is 80.2 Å². The topological polar surface area (TPSA) is 27.7 Å². The summed E-state index contributed by atoms with van der Waals surface area (Å²) < 4.78 is 21.1. The molecule has 2 aromatic carbocycles. The van der Waals surface area contributed by atoms with Crippen molar-refractivity contribution >= 4 is 23.2 Å². The lowest BCUT2D eigenvalue weighted by Gasteiger charge is -2.75. The fourth-order valence-corrected chi connectivity index (χ4v) is 11.9. The lowest BCUT2D eigenvalue weighted by Crippen LogP contribution is -2.81. The van der Waals surface area contributed by atoms with E-state index < -0.39 is 0 Å². The molecule has 232 valence electrons. The molecule has 4 nitrogen and oxygen atoms in total. The second-order valence-electron chi connectivity index (χ2n) is 15.4. The van der Waals surface area contributed by atoms with Crippen LogP contribution in [0.15, 0.2) is 30.3 Å². The third kappa shape index (κ3) is 4.01. The van der Waals surface area contributed by atoms with E-state index in [4.69, 9.17) is 37.4 Å². The van der Waals surface area contributed by atoms with E-state index in [0.29, 0.717) is 28.6 Å². The van der Waals surface area contributed by atoms with Crippen molar-refractivity contribution in [1.29, 1.82) is 0 Å². The van der Waals surface area contributed by atoms with E-state index in [2.05, 4.69) is 26.1 Å². The average Bonchev–Trinajstić information content (AvgIpc) is 3.74. The van der Waals surface area contributed by atoms with Crippen molar-refractivity contribution in [3.05, 3.63) is 57.1 Å². The first-order chi connectivity index (χ1) is 20.8. The van der Waals surface area contributed by atoms with Crippen molar-refractivity contribution in [3.63, 3.8) is 0 Å². The fourth-order valence-electron chi connectivity index (χ4n) is 11.6. The van der Waals surface area contributed by atoms with E-state index in [0.717, 1.165) is 36.0 Å². The van der Waals surface area contributed by atoms with Crippen LogP contribution >= 0.6 is 23.2 Å². The Bertz CT molecular complexity index is 1430. The van der Waals surface area contributed by atoms with Gasteiger partial charge < -0.3 is 18.7 Å². The Morgan fingerprint density at radius 1 is 1.07 bits per heavy atom. The highest BCUT2D eigenvalue weighted by Gasteiger charge is 2.82. The number of benzene rings is 2. The average molecular weight is 626 g/mol. The third-order valence-electron chi connectivity index (χ3n) is 13.5. The van der Waals surface area contributed by atoms with E-state index in [-0.39, 0.29) is 22.3 Å². The van der Waals surface area contributed by atoms with Gasteiger partial charge in [0.25, 0.3) is 0 Å². The van der Waals surface area contributed by atoms with Crippen molar-refractivity contribution in [3.8, 4) is 11.5 Å². The molecule has 0 amide bonds. The van der Waals surface area contributed by atoms with Gasteiger partial charge >= 0.3 is 0 Å². The quantitative estimate of drug-likeness (QED) is 0.185. The van der Waals surface area contributed by atoms with Crippen molar-refractivity contribution in [2.24, 2.45) is 22.7 Å². The zero-order valence-electron chi connectivity index (χ0n) is 26.2. The lowest BCUT2D eigenvalue weighted by molar-refractivity contribution is -0.952. The standard InChI is InChI=1S/C37H48Cl2NO3/c1-4-5-13-35-14-15-36(21-27(35)12-18-42-23-25-8-10-28(38)29(39)19-25)31-20-26-9-11-30(41-3)33-32(26)37(36,34(35)43-33)16-17-40(31,2)22-24-6-7-24/h8-11,19,24,27,31,34H,4-7,12-18,20-23H2,1-3H3/q+1. The molecule has 4 bridgehead atoms. The van der Waals surface area contributed by atoms with Crippen LogP contribution in [0, 0.1) is 22.7 Å². The molecule has 2 spiro atoms. The molecule has 0 radical (unpaired) electrons. The Kier molecular flexibility index (Phi) is 6.92. The zero-order valence-corrected chi connectivity index (χ0v) is 27.7. The number of methoxy groups -OCH3 is 1. The van der Waals surface area contributed by atoms with Gasteiger partial charge in [-0.15, -0.1) is 0 Å². The molecule has 7 atom stereocenters. The summed E-state index contributed by atoms with van der Waals surface area (Å²) >= 11 is 12.5. The maximum atomic E-state index is 7.42. The first-order valence-corrected chi connectivity index (χ1v) is 17.8. The van der Waals surface area contributed by atoms with Crippen LogP contribution in [0.2, 0.25) is 10.0 Å². The predicted molar refractivity (Wildman–Crippen MR) is 172 cm³/mol. The molecule has 4 saturated carbocycles. The number of unbranched alkanes of at least 4 members (excludes halogenated alkanes) is 1. The number of nitrogens with zero attached hydrogens (tertiary/aromatic N) is 1. The van der Waals surface area contributed by atoms with Crippen molar-refractivity contribution in [2.45, 2.75) is 102 Å². The van der Waals surface area contributed by atoms with E-state index >= 15 is 0 Å².